The number of hydrogen-bond donors (Lipinski definition) is 3. The zero-order valence-corrected chi connectivity index (χ0v) is 43.5. The van der Waals surface area contributed by atoms with E-state index < -0.39 is 50.8 Å². The van der Waals surface area contributed by atoms with Crippen LogP contribution in [0.3, 0.4) is 0 Å². The molecule has 408 valence electrons. The van der Waals surface area contributed by atoms with Crippen molar-refractivity contribution < 1.29 is 73.6 Å². The van der Waals surface area contributed by atoms with Gasteiger partial charge in [0.15, 0.2) is 5.60 Å². The van der Waals surface area contributed by atoms with Crippen molar-refractivity contribution in [3.05, 3.63) is 211 Å². The van der Waals surface area contributed by atoms with Crippen molar-refractivity contribution >= 4 is 98.3 Å². The van der Waals surface area contributed by atoms with Gasteiger partial charge in [0.25, 0.3) is 0 Å². The molecule has 9 aromatic carbocycles. The summed E-state index contributed by atoms with van der Waals surface area (Å²) in [7, 11) is -5.62. The van der Waals surface area contributed by atoms with Crippen LogP contribution in [0.15, 0.2) is 184 Å². The van der Waals surface area contributed by atoms with Gasteiger partial charge in [-0.15, -0.1) is 0 Å². The molecule has 0 saturated heterocycles. The molecule has 0 aliphatic rings. The second-order valence-corrected chi connectivity index (χ2v) is 20.1. The molecule has 1 atom stereocenters. The number of carbonyl (C=O) groups is 3. The van der Waals surface area contributed by atoms with Gasteiger partial charge in [-0.05, 0) is 80.2 Å². The fraction of sp³-hybridized carbons (Fsp3) is 0.164. The Hall–Kier alpha value is -8.58. The van der Waals surface area contributed by atoms with Crippen LogP contribution in [0.5, 0.6) is 0 Å². The van der Waals surface area contributed by atoms with Crippen molar-refractivity contribution in [1.29, 1.82) is 0 Å². The van der Waals surface area contributed by atoms with Gasteiger partial charge in [0.1, 0.15) is 19.8 Å². The van der Waals surface area contributed by atoms with E-state index in [4.69, 9.17) is 14.2 Å². The van der Waals surface area contributed by atoms with Gasteiger partial charge in [-0.3, -0.25) is 4.72 Å². The molecule has 0 saturated carbocycles. The SMILES string of the molecule is C=CC(=O)OCc1c2ccccc2c(C(C)(C)O)c2ccccc12.C=CC(=O)OCc1c2ccccc2c(C(C)(O)C(F)(F)F)c2ccccc12.C=CC(=O)OCc1c2ccccc2c(NS(=O)(=O)C(F)(F)F)c2ccccc12. The van der Waals surface area contributed by atoms with E-state index in [9.17, 15) is 59.4 Å². The first-order valence-corrected chi connectivity index (χ1v) is 25.5. The summed E-state index contributed by atoms with van der Waals surface area (Å²) in [6.45, 7) is 14.3. The standard InChI is InChI=1S/C21H17F3O3.C21H20O3.C19H14F3NO4S/c1-3-18(25)27-12-17-13-8-4-6-10-15(13)19(20(2,26)21(22,23)24)16-11-7-5-9-14(16)17;1-4-19(22)24-13-18-14-9-5-7-11-16(14)20(21(2,3)23)17-12-8-6-10-15(17)18;1-2-17(24)27-11-16-12-7-3-5-9-14(12)18(15-10-6-4-8-13(15)16)23-28(25,26)19(20,21)22/h3-11,26H,1,12H2,2H3;4-12,23H,1,13H2,2-3H3;2-10,23H,1,11H2. The minimum atomic E-state index is -5.62. The number of aliphatic hydroxyl groups is 2. The van der Waals surface area contributed by atoms with E-state index in [1.54, 1.807) is 91.4 Å². The predicted molar refractivity (Wildman–Crippen MR) is 294 cm³/mol. The van der Waals surface area contributed by atoms with Gasteiger partial charge in [0.05, 0.1) is 11.3 Å². The number of anilines is 1. The van der Waals surface area contributed by atoms with Crippen molar-refractivity contribution in [3.8, 4) is 0 Å². The molecule has 0 bridgehead atoms. The van der Waals surface area contributed by atoms with Gasteiger partial charge in [-0.1, -0.05) is 165 Å². The highest BCUT2D eigenvalue weighted by Crippen LogP contribution is 2.47. The molecule has 11 nitrogen and oxygen atoms in total. The van der Waals surface area contributed by atoms with E-state index in [2.05, 4.69) is 19.7 Å². The van der Waals surface area contributed by atoms with Crippen LogP contribution in [-0.2, 0) is 69.6 Å². The Morgan fingerprint density at radius 1 is 0.456 bits per heavy atom. The lowest BCUT2D eigenvalue weighted by atomic mass is 9.83. The number of alkyl halides is 6. The molecule has 18 heteroatoms. The second-order valence-electron chi connectivity index (χ2n) is 18.4. The summed E-state index contributed by atoms with van der Waals surface area (Å²) in [5.74, 6) is -1.74. The molecule has 3 N–H and O–H groups in total. The minimum Gasteiger partial charge on any atom is -0.458 e. The third kappa shape index (κ3) is 12.1. The van der Waals surface area contributed by atoms with Crippen LogP contribution < -0.4 is 4.72 Å². The van der Waals surface area contributed by atoms with Crippen LogP contribution in [0, 0.1) is 0 Å². The number of hydrogen-bond acceptors (Lipinski definition) is 10. The molecule has 9 aromatic rings. The van der Waals surface area contributed by atoms with E-state index in [1.165, 1.54) is 24.3 Å². The molecule has 0 spiro atoms. The minimum absolute atomic E-state index is 0.125. The maximum absolute atomic E-state index is 13.6. The fourth-order valence-corrected chi connectivity index (χ4v) is 9.96. The molecule has 9 rings (SSSR count). The highest BCUT2D eigenvalue weighted by atomic mass is 32.2. The number of fused-ring (bicyclic) bond motifs is 6. The van der Waals surface area contributed by atoms with E-state index >= 15 is 0 Å². The van der Waals surface area contributed by atoms with E-state index in [-0.39, 0.29) is 52.6 Å². The number of nitrogens with one attached hydrogen (secondary N) is 1. The maximum atomic E-state index is 13.6. The lowest BCUT2D eigenvalue weighted by Crippen LogP contribution is -2.39. The summed E-state index contributed by atoms with van der Waals surface area (Å²) >= 11 is 0. The fourth-order valence-electron chi connectivity index (χ4n) is 9.36. The second kappa shape index (κ2) is 23.2. The molecule has 0 aromatic heterocycles. The average molecular weight is 1100 g/mol. The summed E-state index contributed by atoms with van der Waals surface area (Å²) in [5.41, 5.74) is -7.00. The molecule has 0 aliphatic heterocycles. The zero-order valence-electron chi connectivity index (χ0n) is 42.7. The number of sulfonamides is 1. The van der Waals surface area contributed by atoms with Crippen molar-refractivity contribution in [2.45, 2.75) is 63.5 Å². The number of halogens is 6. The topological polar surface area (TPSA) is 166 Å². The Morgan fingerprint density at radius 2 is 0.696 bits per heavy atom. The quantitative estimate of drug-likeness (QED) is 0.0333. The zero-order chi connectivity index (χ0) is 57.7. The van der Waals surface area contributed by atoms with Gasteiger partial charge in [0, 0.05) is 51.3 Å². The van der Waals surface area contributed by atoms with Gasteiger partial charge in [0.2, 0.25) is 0 Å². The number of carbonyl (C=O) groups excluding carboxylic acids is 3. The first kappa shape index (κ1) is 58.1. The van der Waals surface area contributed by atoms with Gasteiger partial charge >= 0.3 is 39.6 Å². The van der Waals surface area contributed by atoms with Gasteiger partial charge < -0.3 is 24.4 Å². The van der Waals surface area contributed by atoms with Crippen LogP contribution in [0.2, 0.25) is 0 Å². The Balaban J connectivity index is 0.000000172. The summed E-state index contributed by atoms with van der Waals surface area (Å²) in [6.07, 6.45) is -1.69. The normalized spacial score (nSPS) is 12.6. The Bertz CT molecular complexity index is 3810. The third-order valence-electron chi connectivity index (χ3n) is 12.9. The molecule has 0 amide bonds. The monoisotopic (exact) mass is 1100 g/mol. The average Bonchev–Trinajstić information content (AvgIpc) is 3.61. The Kier molecular flexibility index (Phi) is 17.0. The number of rotatable bonds is 13. The molecule has 1 unspecified atom stereocenters. The number of benzene rings is 9. The highest BCUT2D eigenvalue weighted by Gasteiger charge is 2.53. The summed E-state index contributed by atoms with van der Waals surface area (Å²) in [6, 6.07) is 41.4. The molecule has 0 fully saturated rings. The highest BCUT2D eigenvalue weighted by molar-refractivity contribution is 7.93. The summed E-state index contributed by atoms with van der Waals surface area (Å²) in [5, 5.41) is 27.9. The predicted octanol–water partition coefficient (Wildman–Crippen LogP) is 13.9. The van der Waals surface area contributed by atoms with Crippen molar-refractivity contribution in [1.82, 2.24) is 0 Å². The first-order chi connectivity index (χ1) is 37.3. The largest absolute Gasteiger partial charge is 0.516 e. The van der Waals surface area contributed by atoms with E-state index in [1.807, 2.05) is 48.5 Å². The van der Waals surface area contributed by atoms with Crippen LogP contribution in [-0.4, -0.2) is 48.2 Å². The third-order valence-corrected chi connectivity index (χ3v) is 14.0. The van der Waals surface area contributed by atoms with Gasteiger partial charge in [-0.25, -0.2) is 14.4 Å². The van der Waals surface area contributed by atoms with Crippen molar-refractivity contribution in [2.75, 3.05) is 4.72 Å². The van der Waals surface area contributed by atoms with Gasteiger partial charge in [-0.2, -0.15) is 34.8 Å². The number of esters is 3. The molecule has 79 heavy (non-hydrogen) atoms. The molecule has 0 heterocycles. The van der Waals surface area contributed by atoms with Crippen molar-refractivity contribution in [2.24, 2.45) is 0 Å². The summed E-state index contributed by atoms with van der Waals surface area (Å²) in [4.78, 5) is 34.5. The van der Waals surface area contributed by atoms with Crippen LogP contribution >= 0.6 is 0 Å². The van der Waals surface area contributed by atoms with E-state index in [0.717, 1.165) is 57.8 Å². The molecule has 0 radical (unpaired) electrons. The smallest absolute Gasteiger partial charge is 0.458 e. The Labute approximate surface area is 449 Å². The van der Waals surface area contributed by atoms with Crippen LogP contribution in [0.1, 0.15) is 48.6 Å². The maximum Gasteiger partial charge on any atom is 0.516 e. The molecular weight excluding hydrogens is 1050 g/mol. The lowest BCUT2D eigenvalue weighted by Gasteiger charge is -2.30. The van der Waals surface area contributed by atoms with Crippen LogP contribution in [0.25, 0.3) is 64.6 Å². The summed E-state index contributed by atoms with van der Waals surface area (Å²) < 4.78 is 120. The Morgan fingerprint density at radius 3 is 0.937 bits per heavy atom. The first-order valence-electron chi connectivity index (χ1n) is 24.0. The number of ether oxygens (including phenoxy) is 3. The van der Waals surface area contributed by atoms with Crippen molar-refractivity contribution in [3.63, 3.8) is 0 Å². The van der Waals surface area contributed by atoms with E-state index in [0.29, 0.717) is 32.7 Å². The molecular formula is C61H51F6NO10S. The lowest BCUT2D eigenvalue weighted by molar-refractivity contribution is -0.257. The molecule has 0 aliphatic carbocycles. The van der Waals surface area contributed by atoms with Crippen LogP contribution in [0.4, 0.5) is 32.0 Å².